The van der Waals surface area contributed by atoms with Crippen LogP contribution in [0.2, 0.25) is 0 Å². The smallest absolute Gasteiger partial charge is 0.306 e. The standard InChI is InChI=1S/C21H22N2O5S/c1-26-16-8-7-14(11-17(16)27-2)12-22-19(24)13-28-21(25)10-9-20-23-15-5-3-4-6-18(15)29-20/h3-8,11H,9-10,12-13H2,1-2H3,(H,22,24). The Hall–Kier alpha value is -3.13. The lowest BCUT2D eigenvalue weighted by Gasteiger charge is -2.10. The summed E-state index contributed by atoms with van der Waals surface area (Å²) in [6.07, 6.45) is 0.675. The first kappa shape index (κ1) is 20.6. The largest absolute Gasteiger partial charge is 0.493 e. The number of nitrogens with one attached hydrogen (secondary N) is 1. The van der Waals surface area contributed by atoms with Gasteiger partial charge in [0.1, 0.15) is 0 Å². The number of esters is 1. The van der Waals surface area contributed by atoms with E-state index in [1.807, 2.05) is 30.3 Å². The fraction of sp³-hybridized carbons (Fsp3) is 0.286. The Morgan fingerprint density at radius 2 is 1.86 bits per heavy atom. The van der Waals surface area contributed by atoms with Gasteiger partial charge in [0, 0.05) is 13.0 Å². The zero-order chi connectivity index (χ0) is 20.6. The predicted octanol–water partition coefficient (Wildman–Crippen LogP) is 3.11. The number of aromatic nitrogens is 1. The molecule has 1 aromatic heterocycles. The molecule has 0 atom stereocenters. The van der Waals surface area contributed by atoms with Gasteiger partial charge in [0.05, 0.1) is 35.9 Å². The number of aryl methyl sites for hydroxylation is 1. The SMILES string of the molecule is COc1ccc(CNC(=O)COC(=O)CCc2nc3ccccc3s2)cc1OC. The minimum Gasteiger partial charge on any atom is -0.493 e. The number of carbonyl (C=O) groups is 2. The first-order chi connectivity index (χ1) is 14.1. The second-order valence-corrected chi connectivity index (χ2v) is 7.32. The van der Waals surface area contributed by atoms with Crippen molar-refractivity contribution < 1.29 is 23.8 Å². The first-order valence-corrected chi connectivity index (χ1v) is 9.88. The number of carbonyl (C=O) groups excluding carboxylic acids is 2. The zero-order valence-electron chi connectivity index (χ0n) is 16.3. The van der Waals surface area contributed by atoms with Gasteiger partial charge in [-0.15, -0.1) is 11.3 Å². The summed E-state index contributed by atoms with van der Waals surface area (Å²) in [6, 6.07) is 13.2. The quantitative estimate of drug-likeness (QED) is 0.542. The minimum absolute atomic E-state index is 0.183. The van der Waals surface area contributed by atoms with Gasteiger partial charge in [0.25, 0.3) is 5.91 Å². The molecule has 3 aromatic rings. The van der Waals surface area contributed by atoms with Crippen molar-refractivity contribution in [1.82, 2.24) is 10.3 Å². The van der Waals surface area contributed by atoms with Crippen molar-refractivity contribution in [2.75, 3.05) is 20.8 Å². The maximum absolute atomic E-state index is 11.9. The normalized spacial score (nSPS) is 10.6. The molecule has 0 aliphatic rings. The Labute approximate surface area is 172 Å². The van der Waals surface area contributed by atoms with Crippen LogP contribution in [0.25, 0.3) is 10.2 Å². The van der Waals surface area contributed by atoms with Gasteiger partial charge in [-0.1, -0.05) is 18.2 Å². The molecule has 7 nitrogen and oxygen atoms in total. The van der Waals surface area contributed by atoms with Crippen molar-refractivity contribution in [3.05, 3.63) is 53.0 Å². The predicted molar refractivity (Wildman–Crippen MR) is 110 cm³/mol. The molecule has 3 rings (SSSR count). The molecule has 0 fully saturated rings. The van der Waals surface area contributed by atoms with E-state index in [0.29, 0.717) is 24.5 Å². The van der Waals surface area contributed by atoms with E-state index >= 15 is 0 Å². The number of rotatable bonds is 9. The first-order valence-electron chi connectivity index (χ1n) is 9.06. The van der Waals surface area contributed by atoms with E-state index in [9.17, 15) is 9.59 Å². The van der Waals surface area contributed by atoms with Gasteiger partial charge in [-0.25, -0.2) is 4.98 Å². The number of benzene rings is 2. The number of amides is 1. The Balaban J connectivity index is 1.40. The van der Waals surface area contributed by atoms with Gasteiger partial charge >= 0.3 is 5.97 Å². The van der Waals surface area contributed by atoms with Gasteiger partial charge < -0.3 is 19.5 Å². The summed E-state index contributed by atoms with van der Waals surface area (Å²) in [7, 11) is 3.11. The third-order valence-corrected chi connectivity index (χ3v) is 5.28. The minimum atomic E-state index is -0.425. The molecule has 1 N–H and O–H groups in total. The molecule has 0 aliphatic heterocycles. The van der Waals surface area contributed by atoms with Crippen LogP contribution in [-0.2, 0) is 27.3 Å². The van der Waals surface area contributed by atoms with E-state index < -0.39 is 5.97 Å². The Bertz CT molecular complexity index is 969. The monoisotopic (exact) mass is 414 g/mol. The average molecular weight is 414 g/mol. The maximum Gasteiger partial charge on any atom is 0.306 e. The topological polar surface area (TPSA) is 86.8 Å². The Kier molecular flexibility index (Phi) is 7.02. The van der Waals surface area contributed by atoms with E-state index in [-0.39, 0.29) is 18.9 Å². The highest BCUT2D eigenvalue weighted by Crippen LogP contribution is 2.27. The second kappa shape index (κ2) is 9.88. The zero-order valence-corrected chi connectivity index (χ0v) is 17.1. The van der Waals surface area contributed by atoms with Crippen LogP contribution in [0.4, 0.5) is 0 Å². The van der Waals surface area contributed by atoms with Crippen LogP contribution < -0.4 is 14.8 Å². The van der Waals surface area contributed by atoms with Crippen LogP contribution in [0, 0.1) is 0 Å². The van der Waals surface area contributed by atoms with E-state index in [1.54, 1.807) is 37.7 Å². The third-order valence-electron chi connectivity index (χ3n) is 4.18. The van der Waals surface area contributed by atoms with Crippen LogP contribution in [0.1, 0.15) is 17.0 Å². The van der Waals surface area contributed by atoms with Gasteiger partial charge in [-0.3, -0.25) is 9.59 Å². The molecule has 0 radical (unpaired) electrons. The maximum atomic E-state index is 11.9. The lowest BCUT2D eigenvalue weighted by Crippen LogP contribution is -2.28. The van der Waals surface area contributed by atoms with Crippen LogP contribution in [0.3, 0.4) is 0 Å². The van der Waals surface area contributed by atoms with E-state index in [1.165, 1.54) is 0 Å². The molecular weight excluding hydrogens is 392 g/mol. The van der Waals surface area contributed by atoms with Crippen LogP contribution >= 0.6 is 11.3 Å². The lowest BCUT2D eigenvalue weighted by molar-refractivity contribution is -0.148. The number of nitrogens with zero attached hydrogens (tertiary/aromatic N) is 1. The van der Waals surface area contributed by atoms with Crippen LogP contribution in [0.15, 0.2) is 42.5 Å². The van der Waals surface area contributed by atoms with Gasteiger partial charge in [0.2, 0.25) is 0 Å². The molecule has 0 bridgehead atoms. The highest BCUT2D eigenvalue weighted by Gasteiger charge is 2.11. The van der Waals surface area contributed by atoms with Crippen LogP contribution in [-0.4, -0.2) is 37.7 Å². The number of hydrogen-bond donors (Lipinski definition) is 1. The molecule has 0 saturated carbocycles. The molecular formula is C21H22N2O5S. The fourth-order valence-corrected chi connectivity index (χ4v) is 3.66. The fourth-order valence-electron chi connectivity index (χ4n) is 2.70. The summed E-state index contributed by atoms with van der Waals surface area (Å²) in [5.74, 6) is 0.406. The van der Waals surface area contributed by atoms with E-state index in [4.69, 9.17) is 14.2 Å². The molecule has 0 spiro atoms. The summed E-state index contributed by atoms with van der Waals surface area (Å²) in [6.45, 7) is -0.0194. The Morgan fingerprint density at radius 3 is 2.62 bits per heavy atom. The number of fused-ring (bicyclic) bond motifs is 1. The van der Waals surface area contributed by atoms with E-state index in [0.717, 1.165) is 20.8 Å². The van der Waals surface area contributed by atoms with Crippen LogP contribution in [0.5, 0.6) is 11.5 Å². The van der Waals surface area contributed by atoms with Crippen molar-refractivity contribution in [2.24, 2.45) is 0 Å². The number of thiazole rings is 1. The molecule has 0 saturated heterocycles. The number of para-hydroxylation sites is 1. The van der Waals surface area contributed by atoms with Gasteiger partial charge in [0.15, 0.2) is 18.1 Å². The molecule has 0 aliphatic carbocycles. The average Bonchev–Trinajstić information content (AvgIpc) is 3.17. The summed E-state index contributed by atoms with van der Waals surface area (Å²) >= 11 is 1.56. The van der Waals surface area contributed by atoms with Crippen molar-refractivity contribution in [3.8, 4) is 11.5 Å². The van der Waals surface area contributed by atoms with Crippen molar-refractivity contribution >= 4 is 33.4 Å². The molecule has 152 valence electrons. The van der Waals surface area contributed by atoms with Crippen molar-refractivity contribution in [2.45, 2.75) is 19.4 Å². The number of ether oxygens (including phenoxy) is 3. The third kappa shape index (κ3) is 5.68. The highest BCUT2D eigenvalue weighted by atomic mass is 32.1. The molecule has 29 heavy (non-hydrogen) atoms. The van der Waals surface area contributed by atoms with Crippen molar-refractivity contribution in [3.63, 3.8) is 0 Å². The summed E-state index contributed by atoms with van der Waals surface area (Å²) in [5.41, 5.74) is 1.77. The molecule has 8 heteroatoms. The lowest BCUT2D eigenvalue weighted by atomic mass is 10.2. The molecule has 1 heterocycles. The highest BCUT2D eigenvalue weighted by molar-refractivity contribution is 7.18. The molecule has 1 amide bonds. The van der Waals surface area contributed by atoms with Gasteiger partial charge in [-0.2, -0.15) is 0 Å². The summed E-state index contributed by atoms with van der Waals surface area (Å²) < 4.78 is 16.6. The number of hydrogen-bond acceptors (Lipinski definition) is 7. The van der Waals surface area contributed by atoms with E-state index in [2.05, 4.69) is 10.3 Å². The second-order valence-electron chi connectivity index (χ2n) is 6.20. The summed E-state index contributed by atoms with van der Waals surface area (Å²) in [5, 5.41) is 3.59. The molecule has 0 unspecified atom stereocenters. The van der Waals surface area contributed by atoms with Gasteiger partial charge in [-0.05, 0) is 29.8 Å². The number of methoxy groups -OCH3 is 2. The van der Waals surface area contributed by atoms with Crippen molar-refractivity contribution in [1.29, 1.82) is 0 Å². The Morgan fingerprint density at radius 1 is 1.07 bits per heavy atom. The summed E-state index contributed by atoms with van der Waals surface area (Å²) in [4.78, 5) is 28.3. The molecule has 2 aromatic carbocycles.